The Hall–Kier alpha value is -3.37. The van der Waals surface area contributed by atoms with Crippen molar-refractivity contribution in [1.29, 1.82) is 0 Å². The summed E-state index contributed by atoms with van der Waals surface area (Å²) in [6, 6.07) is 9.59. The molecular weight excluding hydrogens is 448 g/mol. The first-order valence-corrected chi connectivity index (χ1v) is 12.0. The van der Waals surface area contributed by atoms with Crippen LogP contribution in [0.15, 0.2) is 36.4 Å². The third kappa shape index (κ3) is 6.20. The molecular formula is C25H34N6O4. The zero-order valence-corrected chi connectivity index (χ0v) is 20.5. The maximum atomic E-state index is 12.7. The quantitative estimate of drug-likeness (QED) is 0.552. The molecule has 188 valence electrons. The minimum Gasteiger partial charge on any atom is -0.493 e. The van der Waals surface area contributed by atoms with Crippen LogP contribution in [-0.2, 0) is 4.79 Å². The highest BCUT2D eigenvalue weighted by Crippen LogP contribution is 2.28. The predicted octanol–water partition coefficient (Wildman–Crippen LogP) is 0.970. The zero-order valence-electron chi connectivity index (χ0n) is 20.5. The molecule has 2 aliphatic rings. The second-order valence-corrected chi connectivity index (χ2v) is 8.56. The molecule has 0 radical (unpaired) electrons. The third-order valence-corrected chi connectivity index (χ3v) is 6.49. The summed E-state index contributed by atoms with van der Waals surface area (Å²) in [5.74, 6) is 2.99. The lowest BCUT2D eigenvalue weighted by Crippen LogP contribution is -2.49. The number of rotatable bonds is 8. The van der Waals surface area contributed by atoms with Gasteiger partial charge in [-0.1, -0.05) is 6.07 Å². The molecule has 2 saturated heterocycles. The molecule has 0 aliphatic carbocycles. The highest BCUT2D eigenvalue weighted by atomic mass is 16.5. The van der Waals surface area contributed by atoms with Crippen LogP contribution in [0.25, 0.3) is 6.08 Å². The molecule has 10 heteroatoms. The fourth-order valence-corrected chi connectivity index (χ4v) is 4.38. The molecule has 0 unspecified atom stereocenters. The van der Waals surface area contributed by atoms with Crippen LogP contribution in [0.5, 0.6) is 11.5 Å². The van der Waals surface area contributed by atoms with Crippen LogP contribution in [0.3, 0.4) is 0 Å². The molecule has 35 heavy (non-hydrogen) atoms. The van der Waals surface area contributed by atoms with E-state index in [9.17, 15) is 4.79 Å². The Kier molecular flexibility index (Phi) is 8.38. The standard InChI is InChI=1S/C25H34N6O4/c1-34-21-5-3-20(19-22(21)35-2)4-8-25(33)31-15-13-30(14-16-31)24-7-6-23(26-27-24)29-11-9-28(10-12-29)17-18-32/h3-8,19,32H,9-18H2,1-2H3/b8-4+. The average Bonchev–Trinajstić information content (AvgIpc) is 2.92. The minimum absolute atomic E-state index is 0.0128. The number of β-amino-alcohol motifs (C(OH)–C–C–N with tert-alkyl or cyclic N) is 1. The van der Waals surface area contributed by atoms with Gasteiger partial charge in [-0.25, -0.2) is 0 Å². The lowest BCUT2D eigenvalue weighted by atomic mass is 10.2. The normalized spacial score (nSPS) is 17.2. The summed E-state index contributed by atoms with van der Waals surface area (Å²) in [7, 11) is 3.19. The Labute approximate surface area is 206 Å². The monoisotopic (exact) mass is 482 g/mol. The number of amides is 1. The van der Waals surface area contributed by atoms with Gasteiger partial charge in [-0.15, -0.1) is 10.2 Å². The summed E-state index contributed by atoms with van der Waals surface area (Å²) in [5.41, 5.74) is 0.875. The number of aliphatic hydroxyl groups is 1. The lowest BCUT2D eigenvalue weighted by molar-refractivity contribution is -0.126. The molecule has 2 aromatic rings. The summed E-state index contributed by atoms with van der Waals surface area (Å²) in [5, 5.41) is 18.0. The Morgan fingerprint density at radius 1 is 0.886 bits per heavy atom. The van der Waals surface area contributed by atoms with Gasteiger partial charge in [0.15, 0.2) is 23.1 Å². The lowest BCUT2D eigenvalue weighted by Gasteiger charge is -2.36. The van der Waals surface area contributed by atoms with E-state index >= 15 is 0 Å². The second-order valence-electron chi connectivity index (χ2n) is 8.56. The van der Waals surface area contributed by atoms with E-state index in [0.29, 0.717) is 37.7 Å². The molecule has 1 aromatic carbocycles. The number of benzene rings is 1. The van der Waals surface area contributed by atoms with Crippen LogP contribution in [0.1, 0.15) is 5.56 Å². The fraction of sp³-hybridized carbons (Fsp3) is 0.480. The Morgan fingerprint density at radius 3 is 2.03 bits per heavy atom. The van der Waals surface area contributed by atoms with E-state index in [4.69, 9.17) is 14.6 Å². The molecule has 0 atom stereocenters. The van der Waals surface area contributed by atoms with E-state index in [1.165, 1.54) is 0 Å². The summed E-state index contributed by atoms with van der Waals surface area (Å²) in [6.45, 7) is 7.20. The van der Waals surface area contributed by atoms with Crippen molar-refractivity contribution in [1.82, 2.24) is 20.0 Å². The molecule has 2 aliphatic heterocycles. The number of nitrogens with zero attached hydrogens (tertiary/aromatic N) is 6. The number of carbonyl (C=O) groups is 1. The van der Waals surface area contributed by atoms with Gasteiger partial charge in [0.1, 0.15) is 0 Å². The van der Waals surface area contributed by atoms with Crippen LogP contribution in [0.4, 0.5) is 11.6 Å². The van der Waals surface area contributed by atoms with Crippen molar-refractivity contribution in [3.05, 3.63) is 42.0 Å². The van der Waals surface area contributed by atoms with E-state index < -0.39 is 0 Å². The molecule has 0 saturated carbocycles. The second kappa shape index (κ2) is 11.9. The highest BCUT2D eigenvalue weighted by Gasteiger charge is 2.22. The van der Waals surface area contributed by atoms with E-state index in [0.717, 1.165) is 49.9 Å². The van der Waals surface area contributed by atoms with Crippen LogP contribution >= 0.6 is 0 Å². The van der Waals surface area contributed by atoms with E-state index in [1.807, 2.05) is 35.2 Å². The molecule has 1 N–H and O–H groups in total. The van der Waals surface area contributed by atoms with Gasteiger partial charge in [0.2, 0.25) is 5.91 Å². The Balaban J connectivity index is 1.27. The van der Waals surface area contributed by atoms with Crippen LogP contribution in [0.2, 0.25) is 0 Å². The van der Waals surface area contributed by atoms with Gasteiger partial charge in [0, 0.05) is 65.0 Å². The van der Waals surface area contributed by atoms with Crippen LogP contribution < -0.4 is 19.3 Å². The van der Waals surface area contributed by atoms with E-state index in [2.05, 4.69) is 24.9 Å². The van der Waals surface area contributed by atoms with Crippen molar-refractivity contribution in [3.8, 4) is 11.5 Å². The van der Waals surface area contributed by atoms with Crippen molar-refractivity contribution >= 4 is 23.6 Å². The van der Waals surface area contributed by atoms with Gasteiger partial charge >= 0.3 is 0 Å². The number of anilines is 2. The molecule has 10 nitrogen and oxygen atoms in total. The predicted molar refractivity (Wildman–Crippen MR) is 135 cm³/mol. The molecule has 0 spiro atoms. The number of hydrogen-bond donors (Lipinski definition) is 1. The SMILES string of the molecule is COc1ccc(/C=C/C(=O)N2CCN(c3ccc(N4CCN(CCO)CC4)nn3)CC2)cc1OC. The molecule has 3 heterocycles. The summed E-state index contributed by atoms with van der Waals surface area (Å²) < 4.78 is 10.6. The number of piperazine rings is 2. The van der Waals surface area contributed by atoms with Gasteiger partial charge in [0.25, 0.3) is 0 Å². The van der Waals surface area contributed by atoms with Gasteiger partial charge in [-0.05, 0) is 35.9 Å². The number of methoxy groups -OCH3 is 2. The van der Waals surface area contributed by atoms with E-state index in [-0.39, 0.29) is 12.5 Å². The van der Waals surface area contributed by atoms with Gasteiger partial charge in [0.05, 0.1) is 20.8 Å². The molecule has 1 amide bonds. The first-order chi connectivity index (χ1) is 17.1. The van der Waals surface area contributed by atoms with Crippen LogP contribution in [-0.4, -0.2) is 111 Å². The molecule has 4 rings (SSSR count). The number of aliphatic hydroxyl groups excluding tert-OH is 1. The maximum absolute atomic E-state index is 12.7. The third-order valence-electron chi connectivity index (χ3n) is 6.49. The van der Waals surface area contributed by atoms with Crippen LogP contribution in [0, 0.1) is 0 Å². The first kappa shape index (κ1) is 24.7. The topological polar surface area (TPSA) is 94.5 Å². The Bertz CT molecular complexity index is 1000. The fourth-order valence-electron chi connectivity index (χ4n) is 4.38. The largest absolute Gasteiger partial charge is 0.493 e. The van der Waals surface area contributed by atoms with E-state index in [1.54, 1.807) is 26.4 Å². The average molecular weight is 483 g/mol. The summed E-state index contributed by atoms with van der Waals surface area (Å²) in [4.78, 5) is 21.2. The minimum atomic E-state index is -0.0128. The highest BCUT2D eigenvalue weighted by molar-refractivity contribution is 5.92. The number of ether oxygens (including phenoxy) is 2. The zero-order chi connectivity index (χ0) is 24.6. The van der Waals surface area contributed by atoms with Crippen molar-refractivity contribution in [3.63, 3.8) is 0 Å². The van der Waals surface area contributed by atoms with Crippen molar-refractivity contribution in [2.75, 3.05) is 89.5 Å². The van der Waals surface area contributed by atoms with Crippen molar-refractivity contribution in [2.45, 2.75) is 0 Å². The number of aromatic nitrogens is 2. The van der Waals surface area contributed by atoms with Gasteiger partial charge in [-0.2, -0.15) is 0 Å². The smallest absolute Gasteiger partial charge is 0.246 e. The molecule has 2 fully saturated rings. The Morgan fingerprint density at radius 2 is 1.49 bits per heavy atom. The molecule has 0 bridgehead atoms. The van der Waals surface area contributed by atoms with Crippen molar-refractivity contribution in [2.24, 2.45) is 0 Å². The van der Waals surface area contributed by atoms with Gasteiger partial charge < -0.3 is 29.3 Å². The maximum Gasteiger partial charge on any atom is 0.246 e. The number of carbonyl (C=O) groups excluding carboxylic acids is 1. The van der Waals surface area contributed by atoms with Crippen molar-refractivity contribution < 1.29 is 19.4 Å². The van der Waals surface area contributed by atoms with Gasteiger partial charge in [-0.3, -0.25) is 9.69 Å². The number of hydrogen-bond acceptors (Lipinski definition) is 9. The summed E-state index contributed by atoms with van der Waals surface area (Å²) >= 11 is 0. The summed E-state index contributed by atoms with van der Waals surface area (Å²) in [6.07, 6.45) is 3.40. The first-order valence-electron chi connectivity index (χ1n) is 12.0. The molecule has 1 aromatic heterocycles.